The van der Waals surface area contributed by atoms with Crippen LogP contribution in [0.5, 0.6) is 0 Å². The SMILES string of the molecule is CN=C(NCCc1nc(-c2ccco2)n[nH]1)N1CCC(COC)C1.I. The average Bonchev–Trinajstić information content (AvgIpc) is 3.32. The topological polar surface area (TPSA) is 91.6 Å². The lowest BCUT2D eigenvalue weighted by molar-refractivity contribution is 0.157. The van der Waals surface area contributed by atoms with Crippen LogP contribution >= 0.6 is 24.0 Å². The van der Waals surface area contributed by atoms with Gasteiger partial charge in [0.15, 0.2) is 11.7 Å². The molecule has 2 N–H and O–H groups in total. The maximum absolute atomic E-state index is 5.29. The molecule has 1 aliphatic rings. The number of methoxy groups -OCH3 is 1. The fourth-order valence-electron chi connectivity index (χ4n) is 2.94. The van der Waals surface area contributed by atoms with Gasteiger partial charge >= 0.3 is 0 Å². The zero-order valence-electron chi connectivity index (χ0n) is 14.6. The second-order valence-electron chi connectivity index (χ2n) is 5.86. The Morgan fingerprint density at radius 3 is 3.16 bits per heavy atom. The van der Waals surface area contributed by atoms with E-state index in [4.69, 9.17) is 9.15 Å². The Morgan fingerprint density at radius 1 is 1.56 bits per heavy atom. The van der Waals surface area contributed by atoms with Crippen LogP contribution in [-0.4, -0.2) is 66.4 Å². The van der Waals surface area contributed by atoms with Gasteiger partial charge in [0.25, 0.3) is 0 Å². The third-order valence-corrected chi connectivity index (χ3v) is 4.12. The van der Waals surface area contributed by atoms with E-state index in [9.17, 15) is 0 Å². The summed E-state index contributed by atoms with van der Waals surface area (Å²) in [5.74, 6) is 3.59. The lowest BCUT2D eigenvalue weighted by atomic mass is 10.1. The summed E-state index contributed by atoms with van der Waals surface area (Å²) in [5, 5.41) is 10.5. The van der Waals surface area contributed by atoms with Crippen molar-refractivity contribution in [3.05, 3.63) is 24.2 Å². The summed E-state index contributed by atoms with van der Waals surface area (Å²) >= 11 is 0. The smallest absolute Gasteiger partial charge is 0.216 e. The molecule has 2 aromatic heterocycles. The number of furan rings is 1. The molecule has 0 amide bonds. The highest BCUT2D eigenvalue weighted by Crippen LogP contribution is 2.16. The van der Waals surface area contributed by atoms with Crippen molar-refractivity contribution in [2.75, 3.05) is 40.4 Å². The monoisotopic (exact) mass is 460 g/mol. The van der Waals surface area contributed by atoms with Crippen molar-refractivity contribution in [3.8, 4) is 11.6 Å². The molecule has 0 radical (unpaired) electrons. The second-order valence-corrected chi connectivity index (χ2v) is 5.86. The van der Waals surface area contributed by atoms with Crippen molar-refractivity contribution >= 4 is 29.9 Å². The predicted molar refractivity (Wildman–Crippen MR) is 106 cm³/mol. The van der Waals surface area contributed by atoms with Crippen molar-refractivity contribution in [2.45, 2.75) is 12.8 Å². The number of hydrogen-bond acceptors (Lipinski definition) is 5. The summed E-state index contributed by atoms with van der Waals surface area (Å²) in [7, 11) is 3.57. The van der Waals surface area contributed by atoms with E-state index in [1.54, 1.807) is 13.4 Å². The van der Waals surface area contributed by atoms with Crippen LogP contribution in [0.25, 0.3) is 11.6 Å². The number of halogens is 1. The standard InChI is InChI=1S/C16H24N6O2.HI/c1-17-16(22-8-6-12(10-22)11-23-2)18-7-5-14-19-15(21-20-14)13-4-3-9-24-13;/h3-4,9,12H,5-8,10-11H2,1-2H3,(H,17,18)(H,19,20,21);1H. The lowest BCUT2D eigenvalue weighted by Crippen LogP contribution is -2.41. The fraction of sp³-hybridized carbons (Fsp3) is 0.562. The molecule has 3 heterocycles. The third kappa shape index (κ3) is 5.18. The summed E-state index contributed by atoms with van der Waals surface area (Å²) in [6, 6.07) is 3.67. The fourth-order valence-corrected chi connectivity index (χ4v) is 2.94. The molecule has 0 aliphatic carbocycles. The molecule has 0 aromatic carbocycles. The zero-order valence-corrected chi connectivity index (χ0v) is 16.9. The van der Waals surface area contributed by atoms with Crippen molar-refractivity contribution in [1.82, 2.24) is 25.4 Å². The maximum atomic E-state index is 5.29. The summed E-state index contributed by atoms with van der Waals surface area (Å²) in [6.45, 7) is 3.54. The largest absolute Gasteiger partial charge is 0.461 e. The van der Waals surface area contributed by atoms with Gasteiger partial charge in [-0.05, 0) is 18.6 Å². The number of aromatic amines is 1. The first kappa shape index (κ1) is 19.7. The average molecular weight is 460 g/mol. The molecule has 1 unspecified atom stereocenters. The first-order valence-corrected chi connectivity index (χ1v) is 8.20. The molecule has 25 heavy (non-hydrogen) atoms. The molecule has 2 aromatic rings. The van der Waals surface area contributed by atoms with E-state index in [1.807, 2.05) is 19.2 Å². The minimum absolute atomic E-state index is 0. The minimum atomic E-state index is 0. The van der Waals surface area contributed by atoms with E-state index in [0.29, 0.717) is 17.5 Å². The number of ether oxygens (including phenoxy) is 1. The molecule has 1 saturated heterocycles. The van der Waals surface area contributed by atoms with Crippen molar-refractivity contribution in [3.63, 3.8) is 0 Å². The molecule has 0 saturated carbocycles. The van der Waals surface area contributed by atoms with Gasteiger partial charge in [-0.1, -0.05) is 0 Å². The number of aliphatic imine (C=N–C) groups is 1. The predicted octanol–water partition coefficient (Wildman–Crippen LogP) is 1.77. The van der Waals surface area contributed by atoms with Crippen LogP contribution < -0.4 is 5.32 Å². The van der Waals surface area contributed by atoms with E-state index in [-0.39, 0.29) is 24.0 Å². The maximum Gasteiger partial charge on any atom is 0.216 e. The Bertz CT molecular complexity index is 657. The van der Waals surface area contributed by atoms with Crippen molar-refractivity contribution < 1.29 is 9.15 Å². The van der Waals surface area contributed by atoms with Crippen LogP contribution in [0.4, 0.5) is 0 Å². The van der Waals surface area contributed by atoms with Gasteiger partial charge in [-0.2, -0.15) is 5.10 Å². The van der Waals surface area contributed by atoms with Gasteiger partial charge < -0.3 is 19.4 Å². The van der Waals surface area contributed by atoms with Gasteiger partial charge in [0, 0.05) is 46.1 Å². The summed E-state index contributed by atoms with van der Waals surface area (Å²) in [6.07, 6.45) is 3.50. The normalized spacial score (nSPS) is 17.6. The van der Waals surface area contributed by atoms with Crippen LogP contribution in [0.1, 0.15) is 12.2 Å². The van der Waals surface area contributed by atoms with Gasteiger partial charge in [0.2, 0.25) is 5.82 Å². The highest BCUT2D eigenvalue weighted by atomic mass is 127. The molecule has 1 atom stereocenters. The van der Waals surface area contributed by atoms with Gasteiger partial charge in [-0.25, -0.2) is 4.98 Å². The van der Waals surface area contributed by atoms with Crippen molar-refractivity contribution in [2.24, 2.45) is 10.9 Å². The zero-order chi connectivity index (χ0) is 16.8. The van der Waals surface area contributed by atoms with Crippen LogP contribution in [0.3, 0.4) is 0 Å². The van der Waals surface area contributed by atoms with E-state index in [1.165, 1.54) is 0 Å². The third-order valence-electron chi connectivity index (χ3n) is 4.12. The Balaban J connectivity index is 0.00000225. The number of likely N-dealkylation sites (tertiary alicyclic amines) is 1. The summed E-state index contributed by atoms with van der Waals surface area (Å²) in [4.78, 5) is 11.1. The number of nitrogens with one attached hydrogen (secondary N) is 2. The van der Waals surface area contributed by atoms with E-state index in [0.717, 1.165) is 50.9 Å². The quantitative estimate of drug-likeness (QED) is 0.388. The molecule has 0 spiro atoms. The van der Waals surface area contributed by atoms with Crippen LogP contribution in [-0.2, 0) is 11.2 Å². The molecule has 1 aliphatic heterocycles. The summed E-state index contributed by atoms with van der Waals surface area (Å²) in [5.41, 5.74) is 0. The Labute approximate surface area is 164 Å². The van der Waals surface area contributed by atoms with Gasteiger partial charge in [0.1, 0.15) is 5.82 Å². The number of rotatable bonds is 6. The van der Waals surface area contributed by atoms with Crippen molar-refractivity contribution in [1.29, 1.82) is 0 Å². The van der Waals surface area contributed by atoms with E-state index < -0.39 is 0 Å². The van der Waals surface area contributed by atoms with Crippen LogP contribution in [0.15, 0.2) is 27.8 Å². The molecular formula is C16H25IN6O2. The van der Waals surface area contributed by atoms with Gasteiger partial charge in [-0.15, -0.1) is 24.0 Å². The first-order valence-electron chi connectivity index (χ1n) is 8.20. The molecule has 0 bridgehead atoms. The van der Waals surface area contributed by atoms with Crippen LogP contribution in [0, 0.1) is 5.92 Å². The molecule has 3 rings (SSSR count). The molecule has 8 nitrogen and oxygen atoms in total. The highest BCUT2D eigenvalue weighted by Gasteiger charge is 2.24. The number of nitrogens with zero attached hydrogens (tertiary/aromatic N) is 4. The number of H-pyrrole nitrogens is 1. The second kappa shape index (κ2) is 9.76. The van der Waals surface area contributed by atoms with E-state index in [2.05, 4.69) is 30.4 Å². The lowest BCUT2D eigenvalue weighted by Gasteiger charge is -2.21. The summed E-state index contributed by atoms with van der Waals surface area (Å²) < 4.78 is 10.5. The number of aromatic nitrogens is 3. The van der Waals surface area contributed by atoms with Gasteiger partial charge in [0.05, 0.1) is 12.9 Å². The molecule has 138 valence electrons. The molecule has 9 heteroatoms. The molecule has 1 fully saturated rings. The first-order chi connectivity index (χ1) is 11.8. The number of guanidine groups is 1. The minimum Gasteiger partial charge on any atom is -0.461 e. The van der Waals surface area contributed by atoms with Gasteiger partial charge in [-0.3, -0.25) is 10.1 Å². The van der Waals surface area contributed by atoms with E-state index >= 15 is 0 Å². The van der Waals surface area contributed by atoms with Crippen LogP contribution in [0.2, 0.25) is 0 Å². The Kier molecular flexibility index (Phi) is 7.69. The highest BCUT2D eigenvalue weighted by molar-refractivity contribution is 14.0. The number of hydrogen-bond donors (Lipinski definition) is 2. The Morgan fingerprint density at radius 2 is 2.44 bits per heavy atom. The Hall–Kier alpha value is -1.62. The molecular weight excluding hydrogens is 435 g/mol.